The molecule has 1 aromatic rings. The van der Waals surface area contributed by atoms with Gasteiger partial charge in [0.25, 0.3) is 5.56 Å². The minimum Gasteiger partial charge on any atom is -0.369 e. The van der Waals surface area contributed by atoms with Crippen molar-refractivity contribution < 1.29 is 0 Å². The first-order chi connectivity index (χ1) is 7.58. The minimum absolute atomic E-state index is 0.0943. The van der Waals surface area contributed by atoms with Crippen molar-refractivity contribution in [3.8, 4) is 0 Å². The molecule has 1 unspecified atom stereocenters. The Morgan fingerprint density at radius 2 is 2.38 bits per heavy atom. The number of nitrogens with two attached hydrogens (primary N) is 1. The van der Waals surface area contributed by atoms with Gasteiger partial charge in [-0.25, -0.2) is 4.98 Å². The van der Waals surface area contributed by atoms with E-state index in [-0.39, 0.29) is 11.5 Å². The summed E-state index contributed by atoms with van der Waals surface area (Å²) >= 11 is 0. The Bertz CT molecular complexity index is 426. The zero-order valence-corrected chi connectivity index (χ0v) is 9.73. The Labute approximate surface area is 94.7 Å². The number of aromatic amines is 1. The molecule has 1 saturated heterocycles. The van der Waals surface area contributed by atoms with E-state index in [1.165, 1.54) is 0 Å². The largest absolute Gasteiger partial charge is 0.369 e. The SMILES string of the molecule is CC(C)N1CCC(c2cnc(N)[nH]c2=O)C1. The van der Waals surface area contributed by atoms with Crippen LogP contribution in [0, 0.1) is 0 Å². The average Bonchev–Trinajstić information content (AvgIpc) is 2.66. The lowest BCUT2D eigenvalue weighted by atomic mass is 10.0. The second-order valence-electron chi connectivity index (χ2n) is 4.63. The number of hydrogen-bond acceptors (Lipinski definition) is 4. The highest BCUT2D eigenvalue weighted by Crippen LogP contribution is 2.25. The molecule has 0 saturated carbocycles. The third-order valence-corrected chi connectivity index (χ3v) is 3.24. The van der Waals surface area contributed by atoms with Gasteiger partial charge in [0.05, 0.1) is 0 Å². The molecule has 0 radical (unpaired) electrons. The number of H-pyrrole nitrogens is 1. The van der Waals surface area contributed by atoms with Crippen molar-refractivity contribution in [1.29, 1.82) is 0 Å². The minimum atomic E-state index is -0.0943. The maximum atomic E-state index is 11.7. The summed E-state index contributed by atoms with van der Waals surface area (Å²) in [5.41, 5.74) is 6.09. The highest BCUT2D eigenvalue weighted by Gasteiger charge is 2.27. The highest BCUT2D eigenvalue weighted by atomic mass is 16.1. The molecular formula is C11H18N4O. The first-order valence-corrected chi connectivity index (χ1v) is 5.66. The van der Waals surface area contributed by atoms with Gasteiger partial charge in [-0.3, -0.25) is 9.78 Å². The fraction of sp³-hybridized carbons (Fsp3) is 0.636. The summed E-state index contributed by atoms with van der Waals surface area (Å²) < 4.78 is 0. The first kappa shape index (κ1) is 11.1. The van der Waals surface area contributed by atoms with E-state index in [4.69, 9.17) is 5.73 Å². The molecule has 5 nitrogen and oxygen atoms in total. The van der Waals surface area contributed by atoms with E-state index in [0.717, 1.165) is 25.1 Å². The molecule has 2 rings (SSSR count). The third kappa shape index (κ3) is 2.09. The van der Waals surface area contributed by atoms with Gasteiger partial charge in [0.1, 0.15) is 0 Å². The molecule has 88 valence electrons. The van der Waals surface area contributed by atoms with Crippen LogP contribution in [0.1, 0.15) is 31.7 Å². The summed E-state index contributed by atoms with van der Waals surface area (Å²) in [5, 5.41) is 0. The number of rotatable bonds is 2. The molecule has 16 heavy (non-hydrogen) atoms. The van der Waals surface area contributed by atoms with Gasteiger partial charge in [0, 0.05) is 30.3 Å². The van der Waals surface area contributed by atoms with Crippen LogP contribution in [-0.2, 0) is 0 Å². The van der Waals surface area contributed by atoms with Crippen LogP contribution in [0.25, 0.3) is 0 Å². The molecule has 1 fully saturated rings. The number of nitrogen functional groups attached to an aromatic ring is 1. The zero-order valence-electron chi connectivity index (χ0n) is 9.73. The molecule has 5 heteroatoms. The van der Waals surface area contributed by atoms with E-state index in [0.29, 0.717) is 12.0 Å². The number of likely N-dealkylation sites (tertiary alicyclic amines) is 1. The lowest BCUT2D eigenvalue weighted by Crippen LogP contribution is -2.28. The maximum absolute atomic E-state index is 11.7. The van der Waals surface area contributed by atoms with E-state index < -0.39 is 0 Å². The molecule has 2 heterocycles. The molecule has 1 atom stereocenters. The lowest BCUT2D eigenvalue weighted by molar-refractivity contribution is 0.272. The van der Waals surface area contributed by atoms with Crippen molar-refractivity contribution in [1.82, 2.24) is 14.9 Å². The fourth-order valence-electron chi connectivity index (χ4n) is 2.22. The summed E-state index contributed by atoms with van der Waals surface area (Å²) in [4.78, 5) is 20.6. The molecule has 0 aromatic carbocycles. The van der Waals surface area contributed by atoms with Gasteiger partial charge in [-0.15, -0.1) is 0 Å². The topological polar surface area (TPSA) is 75.0 Å². The van der Waals surface area contributed by atoms with Gasteiger partial charge < -0.3 is 10.6 Å². The summed E-state index contributed by atoms with van der Waals surface area (Å²) in [5.74, 6) is 0.478. The van der Waals surface area contributed by atoms with Crippen LogP contribution >= 0.6 is 0 Å². The second-order valence-corrected chi connectivity index (χ2v) is 4.63. The van der Waals surface area contributed by atoms with E-state index >= 15 is 0 Å². The average molecular weight is 222 g/mol. The quantitative estimate of drug-likeness (QED) is 0.766. The molecule has 3 N–H and O–H groups in total. The normalized spacial score (nSPS) is 21.8. The predicted octanol–water partition coefficient (Wildman–Crippen LogP) is 0.550. The van der Waals surface area contributed by atoms with Gasteiger partial charge in [-0.1, -0.05) is 0 Å². The Kier molecular flexibility index (Phi) is 2.96. The number of nitrogens with zero attached hydrogens (tertiary/aromatic N) is 2. The van der Waals surface area contributed by atoms with Gasteiger partial charge in [-0.05, 0) is 26.8 Å². The molecule has 1 aliphatic heterocycles. The van der Waals surface area contributed by atoms with Crippen molar-refractivity contribution in [3.05, 3.63) is 22.1 Å². The Morgan fingerprint density at radius 3 is 2.94 bits per heavy atom. The van der Waals surface area contributed by atoms with E-state index in [2.05, 4.69) is 28.7 Å². The van der Waals surface area contributed by atoms with Crippen molar-refractivity contribution in [3.63, 3.8) is 0 Å². The molecule has 1 aromatic heterocycles. The van der Waals surface area contributed by atoms with Crippen molar-refractivity contribution in [2.75, 3.05) is 18.8 Å². The first-order valence-electron chi connectivity index (χ1n) is 5.66. The van der Waals surface area contributed by atoms with Gasteiger partial charge >= 0.3 is 0 Å². The summed E-state index contributed by atoms with van der Waals surface area (Å²) in [7, 11) is 0. The van der Waals surface area contributed by atoms with Gasteiger partial charge in [0.2, 0.25) is 0 Å². The smallest absolute Gasteiger partial charge is 0.255 e. The van der Waals surface area contributed by atoms with Crippen LogP contribution in [0.2, 0.25) is 0 Å². The Morgan fingerprint density at radius 1 is 1.62 bits per heavy atom. The van der Waals surface area contributed by atoms with Crippen LogP contribution in [-0.4, -0.2) is 34.0 Å². The monoisotopic (exact) mass is 222 g/mol. The van der Waals surface area contributed by atoms with Crippen LogP contribution in [0.15, 0.2) is 11.0 Å². The summed E-state index contributed by atoms with van der Waals surface area (Å²) in [6.07, 6.45) is 2.63. The van der Waals surface area contributed by atoms with Gasteiger partial charge in [-0.2, -0.15) is 0 Å². The molecule has 0 aliphatic carbocycles. The van der Waals surface area contributed by atoms with Crippen LogP contribution in [0.4, 0.5) is 5.95 Å². The Hall–Kier alpha value is -1.36. The molecule has 0 amide bonds. The van der Waals surface area contributed by atoms with E-state index in [9.17, 15) is 4.79 Å². The van der Waals surface area contributed by atoms with Crippen molar-refractivity contribution in [2.24, 2.45) is 0 Å². The van der Waals surface area contributed by atoms with E-state index in [1.54, 1.807) is 6.20 Å². The standard InChI is InChI=1S/C11H18N4O/c1-7(2)15-4-3-8(6-15)9-5-13-11(12)14-10(9)16/h5,7-8H,3-4,6H2,1-2H3,(H3,12,13,14,16). The van der Waals surface area contributed by atoms with Crippen molar-refractivity contribution >= 4 is 5.95 Å². The highest BCUT2D eigenvalue weighted by molar-refractivity contribution is 5.21. The van der Waals surface area contributed by atoms with Crippen LogP contribution in [0.5, 0.6) is 0 Å². The van der Waals surface area contributed by atoms with Crippen LogP contribution in [0.3, 0.4) is 0 Å². The molecular weight excluding hydrogens is 204 g/mol. The number of hydrogen-bond donors (Lipinski definition) is 2. The predicted molar refractivity (Wildman–Crippen MR) is 63.3 cm³/mol. The fourth-order valence-corrected chi connectivity index (χ4v) is 2.22. The molecule has 0 bridgehead atoms. The Balaban J connectivity index is 2.18. The molecule has 0 spiro atoms. The van der Waals surface area contributed by atoms with E-state index in [1.807, 2.05) is 0 Å². The second kappa shape index (κ2) is 4.25. The summed E-state index contributed by atoms with van der Waals surface area (Å²) in [6, 6.07) is 0.533. The number of nitrogens with one attached hydrogen (secondary N) is 1. The summed E-state index contributed by atoms with van der Waals surface area (Å²) in [6.45, 7) is 6.33. The molecule has 1 aliphatic rings. The van der Waals surface area contributed by atoms with Gasteiger partial charge in [0.15, 0.2) is 5.95 Å². The van der Waals surface area contributed by atoms with Crippen molar-refractivity contribution in [2.45, 2.75) is 32.2 Å². The number of anilines is 1. The van der Waals surface area contributed by atoms with Crippen LogP contribution < -0.4 is 11.3 Å². The lowest BCUT2D eigenvalue weighted by Gasteiger charge is -2.19. The zero-order chi connectivity index (χ0) is 11.7. The number of aromatic nitrogens is 2. The third-order valence-electron chi connectivity index (χ3n) is 3.24. The maximum Gasteiger partial charge on any atom is 0.255 e.